The van der Waals surface area contributed by atoms with Crippen molar-refractivity contribution in [2.45, 2.75) is 12.3 Å². The maximum Gasteiger partial charge on any atom is 0.263 e. The second-order valence-corrected chi connectivity index (χ2v) is 6.00. The summed E-state index contributed by atoms with van der Waals surface area (Å²) in [5.41, 5.74) is 0.656. The Labute approximate surface area is 150 Å². The van der Waals surface area contributed by atoms with Gasteiger partial charge in [0.25, 0.3) is 11.5 Å². The molecule has 3 aromatic rings. The fourth-order valence-corrected chi connectivity index (χ4v) is 2.85. The standard InChI is InChI=1S/C20H19FN2O3/c1-23-12-2-4-17(20(23)25)19(24)22-11-10-16(18-5-3-13-26-18)14-6-8-15(21)9-7-14/h2-9,12-13,16H,10-11H2,1H3,(H,22,24). The third kappa shape index (κ3) is 3.91. The van der Waals surface area contributed by atoms with E-state index in [-0.39, 0.29) is 22.9 Å². The van der Waals surface area contributed by atoms with E-state index in [1.165, 1.54) is 22.8 Å². The SMILES string of the molecule is Cn1cccc(C(=O)NCCC(c2ccc(F)cc2)c2ccco2)c1=O. The van der Waals surface area contributed by atoms with E-state index in [0.717, 1.165) is 11.3 Å². The first kappa shape index (κ1) is 17.7. The van der Waals surface area contributed by atoms with Crippen LogP contribution in [0.5, 0.6) is 0 Å². The minimum atomic E-state index is -0.413. The molecule has 1 amide bonds. The summed E-state index contributed by atoms with van der Waals surface area (Å²) in [6.07, 6.45) is 3.73. The largest absolute Gasteiger partial charge is 0.469 e. The molecule has 3 rings (SSSR count). The first-order valence-corrected chi connectivity index (χ1v) is 8.29. The van der Waals surface area contributed by atoms with Crippen LogP contribution in [0.15, 0.2) is 70.2 Å². The normalized spacial score (nSPS) is 11.9. The summed E-state index contributed by atoms with van der Waals surface area (Å²) in [5, 5.41) is 2.77. The lowest BCUT2D eigenvalue weighted by molar-refractivity contribution is 0.0950. The molecule has 1 N–H and O–H groups in total. The first-order chi connectivity index (χ1) is 12.6. The fourth-order valence-electron chi connectivity index (χ4n) is 2.85. The number of carbonyl (C=O) groups is 1. The van der Waals surface area contributed by atoms with Gasteiger partial charge < -0.3 is 14.3 Å². The molecule has 5 nitrogen and oxygen atoms in total. The van der Waals surface area contributed by atoms with Gasteiger partial charge in [0.05, 0.1) is 6.26 Å². The number of pyridine rings is 1. The Kier molecular flexibility index (Phi) is 5.31. The van der Waals surface area contributed by atoms with Gasteiger partial charge in [-0.3, -0.25) is 9.59 Å². The smallest absolute Gasteiger partial charge is 0.263 e. The zero-order valence-electron chi connectivity index (χ0n) is 14.3. The Morgan fingerprint density at radius 3 is 2.65 bits per heavy atom. The van der Waals surface area contributed by atoms with Crippen LogP contribution in [0.3, 0.4) is 0 Å². The number of benzene rings is 1. The number of aromatic nitrogens is 1. The van der Waals surface area contributed by atoms with Gasteiger partial charge >= 0.3 is 0 Å². The van der Waals surface area contributed by atoms with Crippen LogP contribution in [0, 0.1) is 5.82 Å². The van der Waals surface area contributed by atoms with E-state index in [1.54, 1.807) is 43.8 Å². The number of furan rings is 1. The van der Waals surface area contributed by atoms with Gasteiger partial charge in [-0.05, 0) is 48.4 Å². The minimum absolute atomic E-state index is 0.103. The Bertz CT molecular complexity index is 930. The van der Waals surface area contributed by atoms with Gasteiger partial charge in [0.2, 0.25) is 0 Å². The van der Waals surface area contributed by atoms with E-state index in [9.17, 15) is 14.0 Å². The van der Waals surface area contributed by atoms with Crippen molar-refractivity contribution >= 4 is 5.91 Å². The van der Waals surface area contributed by atoms with Gasteiger partial charge in [0, 0.05) is 25.7 Å². The fraction of sp³-hybridized carbons (Fsp3) is 0.200. The van der Waals surface area contributed by atoms with Crippen LogP contribution < -0.4 is 10.9 Å². The molecule has 0 fully saturated rings. The van der Waals surface area contributed by atoms with Crippen molar-refractivity contribution in [3.05, 3.63) is 94.0 Å². The highest BCUT2D eigenvalue weighted by Crippen LogP contribution is 2.28. The van der Waals surface area contributed by atoms with E-state index in [2.05, 4.69) is 5.32 Å². The lowest BCUT2D eigenvalue weighted by Gasteiger charge is -2.16. The first-order valence-electron chi connectivity index (χ1n) is 8.29. The number of carbonyl (C=O) groups excluding carboxylic acids is 1. The molecule has 2 heterocycles. The van der Waals surface area contributed by atoms with Crippen LogP contribution in [-0.4, -0.2) is 17.0 Å². The van der Waals surface area contributed by atoms with Crippen molar-refractivity contribution in [3.63, 3.8) is 0 Å². The number of hydrogen-bond donors (Lipinski definition) is 1. The number of halogens is 1. The maximum absolute atomic E-state index is 13.2. The molecule has 1 atom stereocenters. The lowest BCUT2D eigenvalue weighted by Crippen LogP contribution is -2.32. The summed E-state index contributed by atoms with van der Waals surface area (Å²) >= 11 is 0. The van der Waals surface area contributed by atoms with Gasteiger partial charge in [-0.2, -0.15) is 0 Å². The Balaban J connectivity index is 1.70. The Morgan fingerprint density at radius 1 is 1.19 bits per heavy atom. The summed E-state index contributed by atoms with van der Waals surface area (Å²) in [7, 11) is 1.60. The summed E-state index contributed by atoms with van der Waals surface area (Å²) in [5.74, 6) is -0.102. The summed E-state index contributed by atoms with van der Waals surface area (Å²) < 4.78 is 20.1. The van der Waals surface area contributed by atoms with Crippen LogP contribution in [0.1, 0.15) is 34.0 Å². The van der Waals surface area contributed by atoms with Crippen molar-refractivity contribution < 1.29 is 13.6 Å². The number of aryl methyl sites for hydroxylation is 1. The molecular weight excluding hydrogens is 335 g/mol. The second kappa shape index (κ2) is 7.82. The van der Waals surface area contributed by atoms with Crippen molar-refractivity contribution in [1.82, 2.24) is 9.88 Å². The Morgan fingerprint density at radius 2 is 1.96 bits per heavy atom. The Hall–Kier alpha value is -3.15. The van der Waals surface area contributed by atoms with Gasteiger partial charge in [-0.1, -0.05) is 12.1 Å². The van der Waals surface area contributed by atoms with E-state index in [1.807, 2.05) is 6.07 Å². The highest BCUT2D eigenvalue weighted by molar-refractivity contribution is 5.93. The molecule has 0 saturated carbocycles. The van der Waals surface area contributed by atoms with Crippen molar-refractivity contribution in [2.24, 2.45) is 7.05 Å². The number of nitrogens with one attached hydrogen (secondary N) is 1. The molecule has 2 aromatic heterocycles. The predicted molar refractivity (Wildman–Crippen MR) is 95.6 cm³/mol. The molecule has 0 saturated heterocycles. The van der Waals surface area contributed by atoms with Gasteiger partial charge in [0.15, 0.2) is 0 Å². The topological polar surface area (TPSA) is 64.2 Å². The molecule has 0 spiro atoms. The molecule has 1 aromatic carbocycles. The summed E-state index contributed by atoms with van der Waals surface area (Å²) in [6, 6.07) is 13.0. The molecule has 134 valence electrons. The highest BCUT2D eigenvalue weighted by atomic mass is 19.1. The molecular formula is C20H19FN2O3. The molecule has 26 heavy (non-hydrogen) atoms. The third-order valence-corrected chi connectivity index (χ3v) is 4.25. The van der Waals surface area contributed by atoms with Crippen molar-refractivity contribution in [3.8, 4) is 0 Å². The zero-order valence-corrected chi connectivity index (χ0v) is 14.3. The molecule has 0 aliphatic rings. The minimum Gasteiger partial charge on any atom is -0.469 e. The van der Waals surface area contributed by atoms with Crippen LogP contribution in [0.4, 0.5) is 4.39 Å². The molecule has 0 aliphatic heterocycles. The molecule has 0 aliphatic carbocycles. The number of rotatable bonds is 6. The lowest BCUT2D eigenvalue weighted by atomic mass is 9.93. The molecule has 0 bridgehead atoms. The van der Waals surface area contributed by atoms with Crippen LogP contribution in [0.25, 0.3) is 0 Å². The number of amides is 1. The van der Waals surface area contributed by atoms with E-state index < -0.39 is 5.91 Å². The zero-order chi connectivity index (χ0) is 18.5. The average molecular weight is 354 g/mol. The van der Waals surface area contributed by atoms with Crippen LogP contribution in [0.2, 0.25) is 0 Å². The molecule has 0 radical (unpaired) electrons. The monoisotopic (exact) mass is 354 g/mol. The van der Waals surface area contributed by atoms with E-state index in [0.29, 0.717) is 13.0 Å². The quantitative estimate of drug-likeness (QED) is 0.740. The van der Waals surface area contributed by atoms with E-state index in [4.69, 9.17) is 4.42 Å². The van der Waals surface area contributed by atoms with Crippen LogP contribution in [-0.2, 0) is 7.05 Å². The van der Waals surface area contributed by atoms with Crippen LogP contribution >= 0.6 is 0 Å². The highest BCUT2D eigenvalue weighted by Gasteiger charge is 2.18. The van der Waals surface area contributed by atoms with Crippen molar-refractivity contribution in [2.75, 3.05) is 6.54 Å². The van der Waals surface area contributed by atoms with Gasteiger partial charge in [-0.15, -0.1) is 0 Å². The van der Waals surface area contributed by atoms with E-state index >= 15 is 0 Å². The number of nitrogens with zero attached hydrogens (tertiary/aromatic N) is 1. The van der Waals surface area contributed by atoms with Gasteiger partial charge in [-0.25, -0.2) is 4.39 Å². The molecule has 6 heteroatoms. The predicted octanol–water partition coefficient (Wildman–Crippen LogP) is 3.07. The second-order valence-electron chi connectivity index (χ2n) is 6.00. The number of hydrogen-bond acceptors (Lipinski definition) is 3. The summed E-state index contributed by atoms with van der Waals surface area (Å²) in [6.45, 7) is 0.347. The third-order valence-electron chi connectivity index (χ3n) is 4.25. The van der Waals surface area contributed by atoms with Crippen molar-refractivity contribution in [1.29, 1.82) is 0 Å². The average Bonchev–Trinajstić information content (AvgIpc) is 3.16. The van der Waals surface area contributed by atoms with Gasteiger partial charge in [0.1, 0.15) is 17.1 Å². The molecule has 1 unspecified atom stereocenters. The maximum atomic E-state index is 13.2. The summed E-state index contributed by atoms with van der Waals surface area (Å²) in [4.78, 5) is 24.3.